The van der Waals surface area contributed by atoms with Crippen molar-refractivity contribution in [3.63, 3.8) is 0 Å². The van der Waals surface area contributed by atoms with Gasteiger partial charge in [-0.1, -0.05) is 49.9 Å². The predicted molar refractivity (Wildman–Crippen MR) is 80.1 cm³/mol. The van der Waals surface area contributed by atoms with Gasteiger partial charge in [0.15, 0.2) is 0 Å². The van der Waals surface area contributed by atoms with Crippen LogP contribution in [0.25, 0.3) is 0 Å². The van der Waals surface area contributed by atoms with Crippen molar-refractivity contribution in [3.8, 4) is 6.07 Å². The lowest BCUT2D eigenvalue weighted by molar-refractivity contribution is 0.183. The largest absolute Gasteiger partial charge is 0.380 e. The van der Waals surface area contributed by atoms with E-state index in [2.05, 4.69) is 11.4 Å². The van der Waals surface area contributed by atoms with E-state index in [4.69, 9.17) is 4.74 Å². The molecule has 0 saturated heterocycles. The standard InChI is InChI=1S/C17H24N2O/c1-20-13-14-8-6-7-11-16(14)17(12-18)19-15-9-4-2-3-5-10-15/h6-8,11,15,17,19H,2-5,9-10,13H2,1H3. The number of nitriles is 1. The first kappa shape index (κ1) is 15.0. The van der Waals surface area contributed by atoms with Crippen molar-refractivity contribution >= 4 is 0 Å². The number of nitrogens with zero attached hydrogens (tertiary/aromatic N) is 1. The van der Waals surface area contributed by atoms with E-state index in [9.17, 15) is 5.26 Å². The zero-order chi connectivity index (χ0) is 14.2. The van der Waals surface area contributed by atoms with E-state index in [1.165, 1.54) is 38.5 Å². The molecule has 1 aliphatic rings. The molecule has 3 nitrogen and oxygen atoms in total. The van der Waals surface area contributed by atoms with Gasteiger partial charge in [-0.3, -0.25) is 5.32 Å². The molecular formula is C17H24N2O. The molecule has 2 rings (SSSR count). The lowest BCUT2D eigenvalue weighted by Crippen LogP contribution is -2.32. The number of rotatable bonds is 5. The minimum Gasteiger partial charge on any atom is -0.380 e. The highest BCUT2D eigenvalue weighted by molar-refractivity contribution is 5.33. The van der Waals surface area contributed by atoms with Crippen molar-refractivity contribution in [2.75, 3.05) is 7.11 Å². The van der Waals surface area contributed by atoms with Crippen LogP contribution in [0, 0.1) is 11.3 Å². The molecule has 1 fully saturated rings. The number of methoxy groups -OCH3 is 1. The SMILES string of the molecule is COCc1ccccc1C(C#N)NC1CCCCCC1. The zero-order valence-corrected chi connectivity index (χ0v) is 12.3. The third-order valence-electron chi connectivity index (χ3n) is 4.05. The fourth-order valence-electron chi connectivity index (χ4n) is 2.98. The Balaban J connectivity index is 2.09. The molecule has 1 N–H and O–H groups in total. The molecular weight excluding hydrogens is 248 g/mol. The fourth-order valence-corrected chi connectivity index (χ4v) is 2.98. The number of hydrogen-bond acceptors (Lipinski definition) is 3. The first-order valence-electron chi connectivity index (χ1n) is 7.57. The molecule has 0 bridgehead atoms. The highest BCUT2D eigenvalue weighted by Gasteiger charge is 2.19. The van der Waals surface area contributed by atoms with Crippen molar-refractivity contribution in [3.05, 3.63) is 35.4 Å². The number of benzene rings is 1. The van der Waals surface area contributed by atoms with Crippen molar-refractivity contribution < 1.29 is 4.74 Å². The molecule has 0 aromatic heterocycles. The van der Waals surface area contributed by atoms with Gasteiger partial charge in [-0.25, -0.2) is 0 Å². The van der Waals surface area contributed by atoms with Gasteiger partial charge in [-0.2, -0.15) is 5.26 Å². The van der Waals surface area contributed by atoms with E-state index in [0.29, 0.717) is 12.6 Å². The Morgan fingerprint density at radius 3 is 2.60 bits per heavy atom. The number of hydrogen-bond donors (Lipinski definition) is 1. The molecule has 0 aliphatic heterocycles. The molecule has 0 radical (unpaired) electrons. The van der Waals surface area contributed by atoms with Crippen LogP contribution in [0.1, 0.15) is 55.7 Å². The van der Waals surface area contributed by atoms with Crippen LogP contribution in [0.3, 0.4) is 0 Å². The second-order valence-corrected chi connectivity index (χ2v) is 5.55. The smallest absolute Gasteiger partial charge is 0.121 e. The maximum Gasteiger partial charge on any atom is 0.121 e. The maximum atomic E-state index is 9.52. The summed E-state index contributed by atoms with van der Waals surface area (Å²) in [5.74, 6) is 0. The van der Waals surface area contributed by atoms with E-state index < -0.39 is 0 Å². The molecule has 3 heteroatoms. The Morgan fingerprint density at radius 2 is 1.95 bits per heavy atom. The average molecular weight is 272 g/mol. The van der Waals surface area contributed by atoms with Crippen LogP contribution in [0.4, 0.5) is 0 Å². The summed E-state index contributed by atoms with van der Waals surface area (Å²) in [5, 5.41) is 13.1. The van der Waals surface area contributed by atoms with Crippen molar-refractivity contribution in [2.24, 2.45) is 0 Å². The van der Waals surface area contributed by atoms with E-state index >= 15 is 0 Å². The second kappa shape index (κ2) is 8.04. The monoisotopic (exact) mass is 272 g/mol. The molecule has 0 spiro atoms. The summed E-state index contributed by atoms with van der Waals surface area (Å²) in [7, 11) is 1.69. The second-order valence-electron chi connectivity index (χ2n) is 5.55. The van der Waals surface area contributed by atoms with E-state index in [1.807, 2.05) is 24.3 Å². The third-order valence-corrected chi connectivity index (χ3v) is 4.05. The quantitative estimate of drug-likeness (QED) is 0.831. The van der Waals surface area contributed by atoms with E-state index in [1.54, 1.807) is 7.11 Å². The molecule has 1 atom stereocenters. The number of nitrogens with one attached hydrogen (secondary N) is 1. The van der Waals surface area contributed by atoms with Crippen LogP contribution in [-0.2, 0) is 11.3 Å². The maximum absolute atomic E-state index is 9.52. The summed E-state index contributed by atoms with van der Waals surface area (Å²) >= 11 is 0. The highest BCUT2D eigenvalue weighted by atomic mass is 16.5. The fraction of sp³-hybridized carbons (Fsp3) is 0.588. The van der Waals surface area contributed by atoms with Gasteiger partial charge in [0.25, 0.3) is 0 Å². The molecule has 1 aliphatic carbocycles. The minimum atomic E-state index is -0.232. The predicted octanol–water partition coefficient (Wildman–Crippen LogP) is 3.71. The molecule has 20 heavy (non-hydrogen) atoms. The topological polar surface area (TPSA) is 45.0 Å². The minimum absolute atomic E-state index is 0.232. The third kappa shape index (κ3) is 4.06. The lowest BCUT2D eigenvalue weighted by Gasteiger charge is -2.22. The van der Waals surface area contributed by atoms with Crippen LogP contribution >= 0.6 is 0 Å². The van der Waals surface area contributed by atoms with Gasteiger partial charge in [-0.05, 0) is 24.0 Å². The van der Waals surface area contributed by atoms with E-state index in [0.717, 1.165) is 11.1 Å². The summed E-state index contributed by atoms with van der Waals surface area (Å²) in [4.78, 5) is 0. The Bertz CT molecular complexity index is 445. The van der Waals surface area contributed by atoms with Crippen LogP contribution in [0.5, 0.6) is 0 Å². The van der Waals surface area contributed by atoms with Gasteiger partial charge in [0.1, 0.15) is 6.04 Å². The summed E-state index contributed by atoms with van der Waals surface area (Å²) in [6.45, 7) is 0.556. The zero-order valence-electron chi connectivity index (χ0n) is 12.3. The Hall–Kier alpha value is -1.37. The Labute approximate surface area is 121 Å². The molecule has 1 unspecified atom stereocenters. The Kier molecular flexibility index (Phi) is 6.04. The molecule has 1 aromatic carbocycles. The van der Waals surface area contributed by atoms with Gasteiger partial charge < -0.3 is 4.74 Å². The summed E-state index contributed by atoms with van der Waals surface area (Å²) in [6, 6.07) is 10.7. The van der Waals surface area contributed by atoms with Gasteiger partial charge in [0.2, 0.25) is 0 Å². The van der Waals surface area contributed by atoms with Gasteiger partial charge in [-0.15, -0.1) is 0 Å². The molecule has 1 saturated carbocycles. The van der Waals surface area contributed by atoms with Gasteiger partial charge in [0.05, 0.1) is 12.7 Å². The molecule has 1 aromatic rings. The first-order valence-corrected chi connectivity index (χ1v) is 7.57. The van der Waals surface area contributed by atoms with Crippen molar-refractivity contribution in [2.45, 2.75) is 57.2 Å². The molecule has 0 amide bonds. The van der Waals surface area contributed by atoms with Crippen LogP contribution < -0.4 is 5.32 Å². The summed E-state index contributed by atoms with van der Waals surface area (Å²) in [6.07, 6.45) is 7.58. The van der Waals surface area contributed by atoms with Crippen molar-refractivity contribution in [1.29, 1.82) is 5.26 Å². The van der Waals surface area contributed by atoms with E-state index in [-0.39, 0.29) is 6.04 Å². The first-order chi connectivity index (χ1) is 9.85. The molecule has 108 valence electrons. The van der Waals surface area contributed by atoms with Crippen LogP contribution in [0.15, 0.2) is 24.3 Å². The van der Waals surface area contributed by atoms with Crippen LogP contribution in [0.2, 0.25) is 0 Å². The normalized spacial score (nSPS) is 18.2. The highest BCUT2D eigenvalue weighted by Crippen LogP contribution is 2.23. The number of ether oxygens (including phenoxy) is 1. The van der Waals surface area contributed by atoms with Crippen LogP contribution in [-0.4, -0.2) is 13.2 Å². The Morgan fingerprint density at radius 1 is 1.25 bits per heavy atom. The van der Waals surface area contributed by atoms with Crippen molar-refractivity contribution in [1.82, 2.24) is 5.32 Å². The summed E-state index contributed by atoms with van der Waals surface area (Å²) < 4.78 is 5.24. The van der Waals surface area contributed by atoms with Gasteiger partial charge >= 0.3 is 0 Å². The summed E-state index contributed by atoms with van der Waals surface area (Å²) in [5.41, 5.74) is 2.16. The average Bonchev–Trinajstić information content (AvgIpc) is 2.74. The van der Waals surface area contributed by atoms with Gasteiger partial charge in [0, 0.05) is 13.2 Å². The molecule has 0 heterocycles. The lowest BCUT2D eigenvalue weighted by atomic mass is 9.99.